The van der Waals surface area contributed by atoms with Gasteiger partial charge in [0, 0.05) is 0 Å². The third-order valence-corrected chi connectivity index (χ3v) is 4.56. The number of carbonyl (C=O) groups is 2. The zero-order valence-corrected chi connectivity index (χ0v) is 15.3. The van der Waals surface area contributed by atoms with Crippen LogP contribution in [0.5, 0.6) is 5.75 Å². The van der Waals surface area contributed by atoms with Gasteiger partial charge in [-0.05, 0) is 38.8 Å². The average Bonchev–Trinajstić information content (AvgIpc) is 3.02. The standard InChI is InChI=1S/C17H13BrN2O4S/c18-14-8-19-17(25-14)20-15(21)9-24-16(22)10-23-13-6-5-11-3-1-2-4-12(11)7-13/h1-8H,9-10H2,(H,19,20,21). The van der Waals surface area contributed by atoms with Crippen LogP contribution in [0.2, 0.25) is 0 Å². The zero-order chi connectivity index (χ0) is 17.6. The van der Waals surface area contributed by atoms with Crippen molar-refractivity contribution in [3.63, 3.8) is 0 Å². The molecule has 1 N–H and O–H groups in total. The summed E-state index contributed by atoms with van der Waals surface area (Å²) >= 11 is 4.51. The molecule has 0 aliphatic heterocycles. The van der Waals surface area contributed by atoms with E-state index in [1.165, 1.54) is 11.3 Å². The number of esters is 1. The fraction of sp³-hybridized carbons (Fsp3) is 0.118. The molecule has 1 heterocycles. The van der Waals surface area contributed by atoms with Crippen LogP contribution >= 0.6 is 27.3 Å². The summed E-state index contributed by atoms with van der Waals surface area (Å²) in [7, 11) is 0. The first-order chi connectivity index (χ1) is 12.1. The molecule has 0 aliphatic carbocycles. The lowest BCUT2D eigenvalue weighted by molar-refractivity contribution is -0.149. The van der Waals surface area contributed by atoms with Gasteiger partial charge in [0.2, 0.25) is 0 Å². The lowest BCUT2D eigenvalue weighted by atomic mass is 10.1. The number of nitrogens with zero attached hydrogens (tertiary/aromatic N) is 1. The van der Waals surface area contributed by atoms with Gasteiger partial charge in [0.15, 0.2) is 18.3 Å². The van der Waals surface area contributed by atoms with E-state index in [-0.39, 0.29) is 6.61 Å². The molecule has 3 aromatic rings. The zero-order valence-electron chi connectivity index (χ0n) is 12.9. The molecular formula is C17H13BrN2O4S. The van der Waals surface area contributed by atoms with E-state index in [0.717, 1.165) is 14.6 Å². The van der Waals surface area contributed by atoms with Crippen molar-refractivity contribution in [2.75, 3.05) is 18.5 Å². The molecule has 8 heteroatoms. The predicted molar refractivity (Wildman–Crippen MR) is 98.8 cm³/mol. The van der Waals surface area contributed by atoms with Gasteiger partial charge in [-0.1, -0.05) is 41.7 Å². The molecular weight excluding hydrogens is 408 g/mol. The van der Waals surface area contributed by atoms with E-state index in [1.807, 2.05) is 36.4 Å². The lowest BCUT2D eigenvalue weighted by Gasteiger charge is -2.08. The van der Waals surface area contributed by atoms with Crippen LogP contribution in [0.1, 0.15) is 0 Å². The number of thiazole rings is 1. The van der Waals surface area contributed by atoms with E-state index in [0.29, 0.717) is 10.9 Å². The second kappa shape index (κ2) is 8.09. The number of anilines is 1. The Morgan fingerprint density at radius 2 is 1.92 bits per heavy atom. The fourth-order valence-electron chi connectivity index (χ4n) is 2.05. The van der Waals surface area contributed by atoms with Crippen molar-refractivity contribution in [3.05, 3.63) is 52.4 Å². The minimum absolute atomic E-state index is 0.269. The maximum absolute atomic E-state index is 11.7. The number of nitrogens with one attached hydrogen (secondary N) is 1. The van der Waals surface area contributed by atoms with Gasteiger partial charge >= 0.3 is 5.97 Å². The number of amides is 1. The molecule has 0 saturated heterocycles. The fourth-order valence-corrected chi connectivity index (χ4v) is 3.18. The summed E-state index contributed by atoms with van der Waals surface area (Å²) in [6, 6.07) is 13.4. The van der Waals surface area contributed by atoms with Gasteiger partial charge in [-0.25, -0.2) is 9.78 Å². The minimum Gasteiger partial charge on any atom is -0.482 e. The highest BCUT2D eigenvalue weighted by molar-refractivity contribution is 9.11. The third kappa shape index (κ3) is 5.01. The van der Waals surface area contributed by atoms with Crippen molar-refractivity contribution in [2.24, 2.45) is 0 Å². The van der Waals surface area contributed by atoms with Crippen molar-refractivity contribution >= 4 is 55.0 Å². The molecule has 0 radical (unpaired) electrons. The Kier molecular flexibility index (Phi) is 5.62. The van der Waals surface area contributed by atoms with Crippen LogP contribution in [-0.4, -0.2) is 30.1 Å². The number of ether oxygens (including phenoxy) is 2. The summed E-state index contributed by atoms with van der Waals surface area (Å²) in [5.74, 6) is -0.516. The van der Waals surface area contributed by atoms with Crippen LogP contribution < -0.4 is 10.1 Å². The Morgan fingerprint density at radius 1 is 1.12 bits per heavy atom. The smallest absolute Gasteiger partial charge is 0.344 e. The highest BCUT2D eigenvalue weighted by Gasteiger charge is 2.10. The number of fused-ring (bicyclic) bond motifs is 1. The normalized spacial score (nSPS) is 10.4. The highest BCUT2D eigenvalue weighted by atomic mass is 79.9. The summed E-state index contributed by atoms with van der Waals surface area (Å²) in [6.45, 7) is -0.661. The molecule has 0 saturated carbocycles. The van der Waals surface area contributed by atoms with E-state index in [9.17, 15) is 9.59 Å². The Morgan fingerprint density at radius 3 is 2.68 bits per heavy atom. The first-order valence-corrected chi connectivity index (χ1v) is 8.89. The molecule has 2 aromatic carbocycles. The van der Waals surface area contributed by atoms with Crippen LogP contribution in [0, 0.1) is 0 Å². The van der Waals surface area contributed by atoms with Gasteiger partial charge in [-0.2, -0.15) is 0 Å². The largest absolute Gasteiger partial charge is 0.482 e. The van der Waals surface area contributed by atoms with Crippen molar-refractivity contribution in [3.8, 4) is 5.75 Å². The summed E-state index contributed by atoms with van der Waals surface area (Å²) in [5, 5.41) is 5.07. The van der Waals surface area contributed by atoms with Gasteiger partial charge in [-0.15, -0.1) is 0 Å². The average molecular weight is 421 g/mol. The Hall–Kier alpha value is -2.45. The lowest BCUT2D eigenvalue weighted by Crippen LogP contribution is -2.23. The molecule has 0 fully saturated rings. The third-order valence-electron chi connectivity index (χ3n) is 3.17. The van der Waals surface area contributed by atoms with Crippen molar-refractivity contribution in [2.45, 2.75) is 0 Å². The number of rotatable bonds is 6. The summed E-state index contributed by atoms with van der Waals surface area (Å²) in [6.07, 6.45) is 1.57. The number of halogens is 1. The molecule has 1 amide bonds. The monoisotopic (exact) mass is 420 g/mol. The van der Waals surface area contributed by atoms with Crippen molar-refractivity contribution in [1.82, 2.24) is 4.98 Å². The predicted octanol–water partition coefficient (Wildman–Crippen LogP) is 3.62. The number of hydrogen-bond donors (Lipinski definition) is 1. The Labute approximate surface area is 155 Å². The van der Waals surface area contributed by atoms with E-state index in [4.69, 9.17) is 9.47 Å². The van der Waals surface area contributed by atoms with Gasteiger partial charge < -0.3 is 9.47 Å². The maximum atomic E-state index is 11.7. The minimum atomic E-state index is -0.622. The van der Waals surface area contributed by atoms with Crippen LogP contribution in [0.25, 0.3) is 10.8 Å². The molecule has 6 nitrogen and oxygen atoms in total. The second-order valence-electron chi connectivity index (χ2n) is 4.98. The molecule has 0 atom stereocenters. The molecule has 0 aliphatic rings. The van der Waals surface area contributed by atoms with Crippen molar-refractivity contribution < 1.29 is 19.1 Å². The maximum Gasteiger partial charge on any atom is 0.344 e. The summed E-state index contributed by atoms with van der Waals surface area (Å²) < 4.78 is 11.1. The summed E-state index contributed by atoms with van der Waals surface area (Å²) in [4.78, 5) is 27.3. The van der Waals surface area contributed by atoms with E-state index in [1.54, 1.807) is 12.3 Å². The van der Waals surface area contributed by atoms with Crippen LogP contribution in [0.4, 0.5) is 5.13 Å². The SMILES string of the molecule is O=C(COC(=O)COc1ccc2ccccc2c1)Nc1ncc(Br)s1. The molecule has 1 aromatic heterocycles. The van der Waals surface area contributed by atoms with Crippen LogP contribution in [0.15, 0.2) is 52.4 Å². The Bertz CT molecular complexity index is 912. The molecule has 0 unspecified atom stereocenters. The van der Waals surface area contributed by atoms with Crippen molar-refractivity contribution in [1.29, 1.82) is 0 Å². The first-order valence-electron chi connectivity index (χ1n) is 7.28. The first kappa shape index (κ1) is 17.4. The van der Waals surface area contributed by atoms with Gasteiger partial charge in [0.25, 0.3) is 5.91 Å². The molecule has 128 valence electrons. The summed E-state index contributed by atoms with van der Waals surface area (Å²) in [5.41, 5.74) is 0. The van der Waals surface area contributed by atoms with E-state index < -0.39 is 18.5 Å². The van der Waals surface area contributed by atoms with E-state index >= 15 is 0 Å². The van der Waals surface area contributed by atoms with Crippen LogP contribution in [-0.2, 0) is 14.3 Å². The van der Waals surface area contributed by atoms with E-state index in [2.05, 4.69) is 26.2 Å². The molecule has 3 rings (SSSR count). The highest BCUT2D eigenvalue weighted by Crippen LogP contribution is 2.23. The number of aromatic nitrogens is 1. The molecule has 0 spiro atoms. The van der Waals surface area contributed by atoms with Crippen LogP contribution in [0.3, 0.4) is 0 Å². The Balaban J connectivity index is 1.44. The van der Waals surface area contributed by atoms with Gasteiger partial charge in [0.05, 0.1) is 9.98 Å². The second-order valence-corrected chi connectivity index (χ2v) is 7.39. The number of benzene rings is 2. The van der Waals surface area contributed by atoms with Gasteiger partial charge in [0.1, 0.15) is 5.75 Å². The molecule has 0 bridgehead atoms. The topological polar surface area (TPSA) is 77.5 Å². The number of carbonyl (C=O) groups excluding carboxylic acids is 2. The molecule has 25 heavy (non-hydrogen) atoms. The number of hydrogen-bond acceptors (Lipinski definition) is 6. The quantitative estimate of drug-likeness (QED) is 0.616. The van der Waals surface area contributed by atoms with Gasteiger partial charge in [-0.3, -0.25) is 10.1 Å².